The van der Waals surface area contributed by atoms with E-state index in [9.17, 15) is 14.4 Å². The molecule has 1 saturated heterocycles. The maximum absolute atomic E-state index is 13.2. The van der Waals surface area contributed by atoms with Crippen LogP contribution in [0.4, 0.5) is 0 Å². The second kappa shape index (κ2) is 11.3. The van der Waals surface area contributed by atoms with Crippen LogP contribution in [0, 0.1) is 12.8 Å². The summed E-state index contributed by atoms with van der Waals surface area (Å²) in [5.41, 5.74) is 2.62. The van der Waals surface area contributed by atoms with Crippen LogP contribution in [-0.2, 0) is 16.0 Å². The maximum Gasteiger partial charge on any atom is 0.251 e. The molecule has 3 amide bonds. The fourth-order valence-electron chi connectivity index (χ4n) is 5.15. The van der Waals surface area contributed by atoms with E-state index in [-0.39, 0.29) is 35.7 Å². The highest BCUT2D eigenvalue weighted by Crippen LogP contribution is 2.22. The van der Waals surface area contributed by atoms with Gasteiger partial charge in [0.1, 0.15) is 0 Å². The minimum absolute atomic E-state index is 0.000693. The standard InChI is InChI=1S/C28H35N3O3/c1-20-10-5-6-14-23(20)28(34)30-25-16-8-7-15-24(25)29-27(33)22-13-9-17-31(19-22)26(32)18-21-11-3-2-4-12-21/h2-6,10-12,14,22,24-25H,7-9,13,15-19H2,1H3,(H,29,33)(H,30,34)/t22?,24-,25-/m1/s1. The van der Waals surface area contributed by atoms with Crippen LogP contribution in [0.5, 0.6) is 0 Å². The zero-order valence-corrected chi connectivity index (χ0v) is 20.0. The van der Waals surface area contributed by atoms with E-state index in [1.807, 2.05) is 66.4 Å². The molecule has 1 heterocycles. The Morgan fingerprint density at radius 2 is 1.53 bits per heavy atom. The van der Waals surface area contributed by atoms with Gasteiger partial charge in [-0.3, -0.25) is 14.4 Å². The Balaban J connectivity index is 1.34. The summed E-state index contributed by atoms with van der Waals surface area (Å²) in [5.74, 6) is -0.216. The number of hydrogen-bond donors (Lipinski definition) is 2. The van der Waals surface area contributed by atoms with Crippen LogP contribution in [0.3, 0.4) is 0 Å². The van der Waals surface area contributed by atoms with Crippen molar-refractivity contribution in [1.29, 1.82) is 0 Å². The fraction of sp³-hybridized carbons (Fsp3) is 0.464. The van der Waals surface area contributed by atoms with Gasteiger partial charge in [0, 0.05) is 30.7 Å². The summed E-state index contributed by atoms with van der Waals surface area (Å²) >= 11 is 0. The topological polar surface area (TPSA) is 78.5 Å². The lowest BCUT2D eigenvalue weighted by molar-refractivity contribution is -0.135. The molecule has 1 aliphatic carbocycles. The lowest BCUT2D eigenvalue weighted by Gasteiger charge is -2.36. The Hall–Kier alpha value is -3.15. The first-order chi connectivity index (χ1) is 16.5. The van der Waals surface area contributed by atoms with Crippen molar-refractivity contribution in [3.05, 3.63) is 71.3 Å². The van der Waals surface area contributed by atoms with Crippen molar-refractivity contribution in [2.24, 2.45) is 5.92 Å². The van der Waals surface area contributed by atoms with E-state index in [0.717, 1.165) is 49.7 Å². The predicted octanol–water partition coefficient (Wildman–Crippen LogP) is 3.63. The first-order valence-corrected chi connectivity index (χ1v) is 12.5. The normalized spacial score (nSPS) is 22.6. The van der Waals surface area contributed by atoms with Crippen molar-refractivity contribution < 1.29 is 14.4 Å². The number of nitrogens with zero attached hydrogens (tertiary/aromatic N) is 1. The van der Waals surface area contributed by atoms with Gasteiger partial charge in [0.25, 0.3) is 5.91 Å². The first-order valence-electron chi connectivity index (χ1n) is 12.5. The number of aryl methyl sites for hydroxylation is 1. The van der Waals surface area contributed by atoms with Crippen LogP contribution in [-0.4, -0.2) is 47.8 Å². The molecule has 6 heteroatoms. The Morgan fingerprint density at radius 3 is 2.26 bits per heavy atom. The minimum atomic E-state index is -0.205. The van der Waals surface area contributed by atoms with Crippen molar-refractivity contribution in [2.45, 2.75) is 64.0 Å². The van der Waals surface area contributed by atoms with Crippen LogP contribution < -0.4 is 10.6 Å². The van der Waals surface area contributed by atoms with Gasteiger partial charge in [0.15, 0.2) is 0 Å². The van der Waals surface area contributed by atoms with Crippen LogP contribution in [0.1, 0.15) is 60.0 Å². The average Bonchev–Trinajstić information content (AvgIpc) is 2.86. The number of hydrogen-bond acceptors (Lipinski definition) is 3. The van der Waals surface area contributed by atoms with Crippen LogP contribution >= 0.6 is 0 Å². The number of carbonyl (C=O) groups is 3. The van der Waals surface area contributed by atoms with Gasteiger partial charge in [-0.15, -0.1) is 0 Å². The quantitative estimate of drug-likeness (QED) is 0.690. The zero-order valence-electron chi connectivity index (χ0n) is 20.0. The molecule has 3 atom stereocenters. The minimum Gasteiger partial charge on any atom is -0.351 e. The lowest BCUT2D eigenvalue weighted by Crippen LogP contribution is -2.55. The summed E-state index contributed by atoms with van der Waals surface area (Å²) in [5, 5.41) is 6.40. The molecule has 0 aromatic heterocycles. The van der Waals surface area contributed by atoms with Crippen molar-refractivity contribution >= 4 is 17.7 Å². The predicted molar refractivity (Wildman–Crippen MR) is 132 cm³/mol. The van der Waals surface area contributed by atoms with Crippen LogP contribution in [0.15, 0.2) is 54.6 Å². The highest BCUT2D eigenvalue weighted by molar-refractivity contribution is 5.95. The van der Waals surface area contributed by atoms with Gasteiger partial charge < -0.3 is 15.5 Å². The number of rotatable bonds is 6. The monoisotopic (exact) mass is 461 g/mol. The van der Waals surface area contributed by atoms with Gasteiger partial charge in [0.05, 0.1) is 12.3 Å². The molecule has 180 valence electrons. The molecular formula is C28H35N3O3. The van der Waals surface area contributed by atoms with Crippen LogP contribution in [0.2, 0.25) is 0 Å². The van der Waals surface area contributed by atoms with Gasteiger partial charge in [0.2, 0.25) is 11.8 Å². The van der Waals surface area contributed by atoms with E-state index in [2.05, 4.69) is 10.6 Å². The van der Waals surface area contributed by atoms with E-state index in [1.165, 1.54) is 0 Å². The molecule has 2 aliphatic rings. The number of likely N-dealkylation sites (tertiary alicyclic amines) is 1. The molecule has 0 radical (unpaired) electrons. The molecule has 4 rings (SSSR count). The summed E-state index contributed by atoms with van der Waals surface area (Å²) < 4.78 is 0. The Bertz CT molecular complexity index is 1010. The van der Waals surface area contributed by atoms with E-state index >= 15 is 0 Å². The lowest BCUT2D eigenvalue weighted by atomic mass is 9.88. The molecule has 2 N–H and O–H groups in total. The zero-order chi connectivity index (χ0) is 23.9. The Kier molecular flexibility index (Phi) is 7.99. The van der Waals surface area contributed by atoms with Crippen molar-refractivity contribution in [1.82, 2.24) is 15.5 Å². The highest BCUT2D eigenvalue weighted by Gasteiger charge is 2.33. The SMILES string of the molecule is Cc1ccccc1C(=O)N[C@@H]1CCCC[C@H]1NC(=O)C1CCCN(C(=O)Cc2ccccc2)C1. The molecule has 0 spiro atoms. The molecule has 2 aromatic rings. The Morgan fingerprint density at radius 1 is 0.853 bits per heavy atom. The van der Waals surface area contributed by atoms with Gasteiger partial charge in [-0.1, -0.05) is 61.4 Å². The van der Waals surface area contributed by atoms with E-state index in [0.29, 0.717) is 25.1 Å². The van der Waals surface area contributed by atoms with Gasteiger partial charge >= 0.3 is 0 Å². The third-order valence-corrected chi connectivity index (χ3v) is 7.14. The van der Waals surface area contributed by atoms with Crippen molar-refractivity contribution in [3.8, 4) is 0 Å². The summed E-state index contributed by atoms with van der Waals surface area (Å²) in [4.78, 5) is 40.7. The molecule has 6 nitrogen and oxygen atoms in total. The molecule has 2 fully saturated rings. The molecule has 2 aromatic carbocycles. The average molecular weight is 462 g/mol. The molecule has 1 aliphatic heterocycles. The summed E-state index contributed by atoms with van der Waals surface area (Å²) in [6, 6.07) is 17.1. The smallest absolute Gasteiger partial charge is 0.251 e. The summed E-state index contributed by atoms with van der Waals surface area (Å²) in [7, 11) is 0. The van der Waals surface area contributed by atoms with Gasteiger partial charge in [-0.2, -0.15) is 0 Å². The highest BCUT2D eigenvalue weighted by atomic mass is 16.2. The van der Waals surface area contributed by atoms with Gasteiger partial charge in [-0.25, -0.2) is 0 Å². The number of benzene rings is 2. The van der Waals surface area contributed by atoms with Gasteiger partial charge in [-0.05, 0) is 49.8 Å². The number of carbonyl (C=O) groups excluding carboxylic acids is 3. The summed E-state index contributed by atoms with van der Waals surface area (Å²) in [6.45, 7) is 3.10. The molecular weight excluding hydrogens is 426 g/mol. The second-order valence-electron chi connectivity index (χ2n) is 9.64. The third-order valence-electron chi connectivity index (χ3n) is 7.14. The fourth-order valence-corrected chi connectivity index (χ4v) is 5.15. The van der Waals surface area contributed by atoms with E-state index in [4.69, 9.17) is 0 Å². The third kappa shape index (κ3) is 6.04. The largest absolute Gasteiger partial charge is 0.351 e. The van der Waals surface area contributed by atoms with Crippen molar-refractivity contribution in [2.75, 3.05) is 13.1 Å². The van der Waals surface area contributed by atoms with E-state index in [1.54, 1.807) is 0 Å². The maximum atomic E-state index is 13.2. The summed E-state index contributed by atoms with van der Waals surface area (Å²) in [6.07, 6.45) is 5.77. The van der Waals surface area contributed by atoms with E-state index < -0.39 is 0 Å². The number of nitrogens with one attached hydrogen (secondary N) is 2. The molecule has 1 saturated carbocycles. The number of amides is 3. The molecule has 34 heavy (non-hydrogen) atoms. The van der Waals surface area contributed by atoms with Crippen LogP contribution in [0.25, 0.3) is 0 Å². The molecule has 0 bridgehead atoms. The second-order valence-corrected chi connectivity index (χ2v) is 9.64. The van der Waals surface area contributed by atoms with Crippen molar-refractivity contribution in [3.63, 3.8) is 0 Å². The molecule has 1 unspecified atom stereocenters. The Labute approximate surface area is 202 Å². The first kappa shape index (κ1) is 24.0. The number of piperidine rings is 1.